The molecule has 2 aromatic heterocycles. The fourth-order valence-corrected chi connectivity index (χ4v) is 5.98. The van der Waals surface area contributed by atoms with Crippen LogP contribution in [-0.4, -0.2) is 32.0 Å². The van der Waals surface area contributed by atoms with Crippen molar-refractivity contribution in [3.05, 3.63) is 65.3 Å². The van der Waals surface area contributed by atoms with Crippen LogP contribution in [0.15, 0.2) is 53.1 Å². The van der Waals surface area contributed by atoms with Crippen molar-refractivity contribution in [2.45, 2.75) is 49.4 Å². The number of benzene rings is 2. The number of rotatable bonds is 5. The summed E-state index contributed by atoms with van der Waals surface area (Å²) in [5.74, 6) is 4.10. The summed E-state index contributed by atoms with van der Waals surface area (Å²) in [6.45, 7) is 0. The Labute approximate surface area is 203 Å². The number of halogens is 1. The average Bonchev–Trinajstić information content (AvgIpc) is 3.54. The molecule has 2 aromatic carbocycles. The molecular weight excluding hydrogens is 450 g/mol. The van der Waals surface area contributed by atoms with Gasteiger partial charge < -0.3 is 13.8 Å². The molecule has 174 valence electrons. The van der Waals surface area contributed by atoms with Gasteiger partial charge in [-0.05, 0) is 74.9 Å². The number of hydrogen-bond acceptors (Lipinski definition) is 6. The molecule has 0 radical (unpaired) electrons. The first-order chi connectivity index (χ1) is 16.5. The summed E-state index contributed by atoms with van der Waals surface area (Å²) in [5, 5.41) is 14.3. The van der Waals surface area contributed by atoms with Gasteiger partial charge in [0.15, 0.2) is 5.82 Å². The molecule has 3 saturated carbocycles. The Kier molecular flexibility index (Phi) is 4.99. The van der Waals surface area contributed by atoms with Crippen LogP contribution in [0, 0.1) is 0 Å². The molecule has 7 nitrogen and oxygen atoms in total. The van der Waals surface area contributed by atoms with Gasteiger partial charge in [-0.1, -0.05) is 28.9 Å². The van der Waals surface area contributed by atoms with Gasteiger partial charge in [0.25, 0.3) is 0 Å². The summed E-state index contributed by atoms with van der Waals surface area (Å²) in [6.07, 6.45) is 6.11. The van der Waals surface area contributed by atoms with Gasteiger partial charge in [0.05, 0.1) is 12.7 Å². The van der Waals surface area contributed by atoms with E-state index in [4.69, 9.17) is 30.9 Å². The van der Waals surface area contributed by atoms with E-state index in [1.807, 2.05) is 48.5 Å². The number of fused-ring (bicyclic) bond motifs is 3. The summed E-state index contributed by atoms with van der Waals surface area (Å²) >= 11 is 6.02. The van der Waals surface area contributed by atoms with Gasteiger partial charge in [-0.3, -0.25) is 0 Å². The fourth-order valence-electron chi connectivity index (χ4n) is 5.85. The first-order valence-electron chi connectivity index (χ1n) is 11.7. The van der Waals surface area contributed by atoms with Gasteiger partial charge in [-0.2, -0.15) is 4.98 Å². The van der Waals surface area contributed by atoms with E-state index in [2.05, 4.69) is 21.9 Å². The van der Waals surface area contributed by atoms with Gasteiger partial charge >= 0.3 is 0 Å². The van der Waals surface area contributed by atoms with Crippen LogP contribution >= 0.6 is 11.6 Å². The lowest BCUT2D eigenvalue weighted by Gasteiger charge is -2.51. The van der Waals surface area contributed by atoms with E-state index in [0.717, 1.165) is 72.9 Å². The number of ether oxygens (including phenoxy) is 1. The molecule has 3 fully saturated rings. The zero-order chi connectivity index (χ0) is 23.3. The number of hydrogen-bond donors (Lipinski definition) is 0. The van der Waals surface area contributed by atoms with Gasteiger partial charge in [0.2, 0.25) is 11.7 Å². The van der Waals surface area contributed by atoms with Crippen LogP contribution in [0.4, 0.5) is 0 Å². The Morgan fingerprint density at radius 2 is 1.59 bits per heavy atom. The smallest absolute Gasteiger partial charge is 0.233 e. The largest absolute Gasteiger partial charge is 0.496 e. The van der Waals surface area contributed by atoms with Crippen LogP contribution in [0.2, 0.25) is 5.02 Å². The molecule has 0 aliphatic heterocycles. The van der Waals surface area contributed by atoms with E-state index in [1.54, 1.807) is 7.11 Å². The van der Waals surface area contributed by atoms with Crippen molar-refractivity contribution in [3.63, 3.8) is 0 Å². The summed E-state index contributed by atoms with van der Waals surface area (Å²) in [4.78, 5) is 4.81. The lowest BCUT2D eigenvalue weighted by Crippen LogP contribution is -2.47. The molecule has 2 bridgehead atoms. The third kappa shape index (κ3) is 3.25. The van der Waals surface area contributed by atoms with Crippen LogP contribution in [0.5, 0.6) is 5.75 Å². The molecule has 0 N–H and O–H groups in total. The predicted molar refractivity (Wildman–Crippen MR) is 129 cm³/mol. The average molecular weight is 476 g/mol. The van der Waals surface area contributed by atoms with E-state index in [1.165, 1.54) is 0 Å². The summed E-state index contributed by atoms with van der Waals surface area (Å²) in [6, 6.07) is 15.5. The summed E-state index contributed by atoms with van der Waals surface area (Å²) in [7, 11) is 3.76. The minimum absolute atomic E-state index is 0.0306. The monoisotopic (exact) mass is 475 g/mol. The first-order valence-corrected chi connectivity index (χ1v) is 12.0. The Morgan fingerprint density at radius 3 is 2.29 bits per heavy atom. The Hall–Kier alpha value is -3.19. The highest BCUT2D eigenvalue weighted by Gasteiger charge is 2.54. The molecule has 0 saturated heterocycles. The molecule has 2 heterocycles. The molecule has 3 aliphatic carbocycles. The van der Waals surface area contributed by atoms with Crippen LogP contribution in [0.1, 0.15) is 50.2 Å². The molecule has 7 rings (SSSR count). The van der Waals surface area contributed by atoms with Gasteiger partial charge in [0, 0.05) is 28.5 Å². The SMILES string of the molecule is COc1ccccc1-c1nnc(C23CCC(c4nc(-c5ccc(Cl)cc5)no4)(CC2)CC3)n1C. The second-order valence-corrected chi connectivity index (χ2v) is 10.0. The number of nitrogens with zero attached hydrogens (tertiary/aromatic N) is 5. The summed E-state index contributed by atoms with van der Waals surface area (Å²) < 4.78 is 13.5. The Bertz CT molecular complexity index is 1320. The highest BCUT2D eigenvalue weighted by Crippen LogP contribution is 2.58. The third-order valence-corrected chi connectivity index (χ3v) is 8.18. The molecule has 8 heteroatoms. The van der Waals surface area contributed by atoms with Crippen molar-refractivity contribution in [2.75, 3.05) is 7.11 Å². The molecule has 0 amide bonds. The maximum Gasteiger partial charge on any atom is 0.233 e. The van der Waals surface area contributed by atoms with Gasteiger partial charge in [0.1, 0.15) is 11.6 Å². The second-order valence-electron chi connectivity index (χ2n) is 9.60. The second kappa shape index (κ2) is 7.94. The number of methoxy groups -OCH3 is 1. The minimum Gasteiger partial charge on any atom is -0.496 e. The quantitative estimate of drug-likeness (QED) is 0.366. The lowest BCUT2D eigenvalue weighted by atomic mass is 9.53. The van der Waals surface area contributed by atoms with E-state index >= 15 is 0 Å². The Morgan fingerprint density at radius 1 is 0.912 bits per heavy atom. The van der Waals surface area contributed by atoms with Crippen molar-refractivity contribution in [3.8, 4) is 28.5 Å². The third-order valence-electron chi connectivity index (χ3n) is 7.93. The normalized spacial score (nSPS) is 23.9. The molecule has 0 spiro atoms. The zero-order valence-electron chi connectivity index (χ0n) is 19.3. The van der Waals surface area contributed by atoms with Crippen LogP contribution in [0.3, 0.4) is 0 Å². The van der Waals surface area contributed by atoms with E-state index in [-0.39, 0.29) is 10.8 Å². The number of para-hydroxylation sites is 1. The highest BCUT2D eigenvalue weighted by atomic mass is 35.5. The standard InChI is InChI=1S/C26H26ClN5O2/c1-32-22(19-5-3-4-6-20(19)33-2)29-30-23(32)25-11-14-26(15-12-25,16-13-25)24-28-21(31-34-24)17-7-9-18(27)10-8-17/h3-10H,11-16H2,1-2H3. The molecule has 34 heavy (non-hydrogen) atoms. The van der Waals surface area contributed by atoms with Crippen molar-refractivity contribution < 1.29 is 9.26 Å². The minimum atomic E-state index is -0.0521. The lowest BCUT2D eigenvalue weighted by molar-refractivity contribution is 0.0689. The van der Waals surface area contributed by atoms with Crippen molar-refractivity contribution >= 4 is 11.6 Å². The topological polar surface area (TPSA) is 78.9 Å². The molecular formula is C26H26ClN5O2. The van der Waals surface area contributed by atoms with Crippen LogP contribution < -0.4 is 4.74 Å². The number of aromatic nitrogens is 5. The summed E-state index contributed by atoms with van der Waals surface area (Å²) in [5.41, 5.74) is 1.86. The maximum absolute atomic E-state index is 6.02. The Balaban J connectivity index is 1.26. The molecule has 0 atom stereocenters. The zero-order valence-corrected chi connectivity index (χ0v) is 20.0. The van der Waals surface area contributed by atoms with E-state index in [0.29, 0.717) is 10.8 Å². The maximum atomic E-state index is 6.02. The fraction of sp³-hybridized carbons (Fsp3) is 0.385. The van der Waals surface area contributed by atoms with Gasteiger partial charge in [-0.15, -0.1) is 10.2 Å². The highest BCUT2D eigenvalue weighted by molar-refractivity contribution is 6.30. The molecule has 3 aliphatic rings. The van der Waals surface area contributed by atoms with Crippen molar-refractivity contribution in [1.82, 2.24) is 24.9 Å². The first kappa shape index (κ1) is 21.4. The van der Waals surface area contributed by atoms with E-state index in [9.17, 15) is 0 Å². The molecule has 0 unspecified atom stereocenters. The van der Waals surface area contributed by atoms with Crippen LogP contribution in [-0.2, 0) is 17.9 Å². The molecule has 4 aromatic rings. The predicted octanol–water partition coefficient (Wildman–Crippen LogP) is 5.74. The van der Waals surface area contributed by atoms with Crippen molar-refractivity contribution in [2.24, 2.45) is 7.05 Å². The van der Waals surface area contributed by atoms with E-state index < -0.39 is 0 Å². The van der Waals surface area contributed by atoms with Gasteiger partial charge in [-0.25, -0.2) is 0 Å². The van der Waals surface area contributed by atoms with Crippen molar-refractivity contribution in [1.29, 1.82) is 0 Å². The van der Waals surface area contributed by atoms with Crippen LogP contribution in [0.25, 0.3) is 22.8 Å².